The first-order chi connectivity index (χ1) is 8.71. The van der Waals surface area contributed by atoms with Crippen molar-refractivity contribution in [2.45, 2.75) is 33.3 Å². The van der Waals surface area contributed by atoms with Gasteiger partial charge in [0.25, 0.3) is 0 Å². The van der Waals surface area contributed by atoms with E-state index in [1.165, 1.54) is 0 Å². The maximum Gasteiger partial charge on any atom is 0.306 e. The fraction of sp³-hybridized carbons (Fsp3) is 0.500. The molecule has 0 bridgehead atoms. The van der Waals surface area contributed by atoms with Gasteiger partial charge in [-0.3, -0.25) is 4.79 Å². The van der Waals surface area contributed by atoms with Gasteiger partial charge in [-0.1, -0.05) is 13.0 Å². The minimum atomic E-state index is -0.176. The Hall–Kier alpha value is -1.71. The van der Waals surface area contributed by atoms with Crippen LogP contribution in [0.25, 0.3) is 0 Å². The summed E-state index contributed by atoms with van der Waals surface area (Å²) >= 11 is 0. The maximum atomic E-state index is 11.3. The molecule has 0 heterocycles. The number of esters is 1. The van der Waals surface area contributed by atoms with E-state index in [-0.39, 0.29) is 12.6 Å². The molecule has 1 aromatic rings. The predicted octanol–water partition coefficient (Wildman–Crippen LogP) is 2.94. The van der Waals surface area contributed by atoms with Crippen LogP contribution >= 0.6 is 0 Å². The fourth-order valence-electron chi connectivity index (χ4n) is 1.52. The van der Waals surface area contributed by atoms with Crippen molar-refractivity contribution in [3.05, 3.63) is 23.8 Å². The monoisotopic (exact) mass is 252 g/mol. The summed E-state index contributed by atoms with van der Waals surface area (Å²) in [6.07, 6.45) is 1.25. The van der Waals surface area contributed by atoms with Gasteiger partial charge in [0, 0.05) is 6.42 Å². The molecule has 1 rings (SSSR count). The largest absolute Gasteiger partial charge is 0.493 e. The standard InChI is InChI=1S/C14H20O4/c1-4-6-14(15)18-10-11-7-8-12(17-5-2)13(9-11)16-3/h7-9H,4-6,10H2,1-3H3. The molecule has 0 aliphatic heterocycles. The summed E-state index contributed by atoms with van der Waals surface area (Å²) in [5.41, 5.74) is 0.889. The summed E-state index contributed by atoms with van der Waals surface area (Å²) in [7, 11) is 1.59. The van der Waals surface area contributed by atoms with E-state index >= 15 is 0 Å². The molecule has 0 unspecified atom stereocenters. The third-order valence-corrected chi connectivity index (χ3v) is 2.38. The summed E-state index contributed by atoms with van der Waals surface area (Å²) in [5.74, 6) is 1.18. The van der Waals surface area contributed by atoms with Gasteiger partial charge < -0.3 is 14.2 Å². The van der Waals surface area contributed by atoms with E-state index < -0.39 is 0 Å². The first-order valence-corrected chi connectivity index (χ1v) is 6.16. The van der Waals surface area contributed by atoms with Gasteiger partial charge in [-0.25, -0.2) is 0 Å². The van der Waals surface area contributed by atoms with Crippen molar-refractivity contribution in [3.63, 3.8) is 0 Å². The zero-order valence-corrected chi connectivity index (χ0v) is 11.2. The van der Waals surface area contributed by atoms with Crippen molar-refractivity contribution in [1.82, 2.24) is 0 Å². The van der Waals surface area contributed by atoms with Gasteiger partial charge in [-0.15, -0.1) is 0 Å². The summed E-state index contributed by atoms with van der Waals surface area (Å²) in [6, 6.07) is 5.52. The Labute approximate surface area is 108 Å². The number of carbonyl (C=O) groups is 1. The van der Waals surface area contributed by atoms with Gasteiger partial charge in [-0.2, -0.15) is 0 Å². The van der Waals surface area contributed by atoms with Crippen LogP contribution in [0, 0.1) is 0 Å². The predicted molar refractivity (Wildman–Crippen MR) is 68.9 cm³/mol. The lowest BCUT2D eigenvalue weighted by atomic mass is 10.2. The molecule has 4 heteroatoms. The molecule has 100 valence electrons. The molecular weight excluding hydrogens is 232 g/mol. The highest BCUT2D eigenvalue weighted by Crippen LogP contribution is 2.28. The van der Waals surface area contributed by atoms with E-state index in [1.54, 1.807) is 7.11 Å². The molecule has 0 spiro atoms. The van der Waals surface area contributed by atoms with E-state index in [1.807, 2.05) is 32.0 Å². The van der Waals surface area contributed by atoms with E-state index in [4.69, 9.17) is 14.2 Å². The molecule has 0 aliphatic carbocycles. The molecule has 0 saturated heterocycles. The molecule has 0 aliphatic rings. The minimum Gasteiger partial charge on any atom is -0.493 e. The highest BCUT2D eigenvalue weighted by atomic mass is 16.5. The lowest BCUT2D eigenvalue weighted by Gasteiger charge is -2.11. The average molecular weight is 252 g/mol. The van der Waals surface area contributed by atoms with Crippen LogP contribution in [0.2, 0.25) is 0 Å². The van der Waals surface area contributed by atoms with Gasteiger partial charge in [-0.05, 0) is 31.0 Å². The molecule has 0 atom stereocenters. The van der Waals surface area contributed by atoms with Gasteiger partial charge >= 0.3 is 5.97 Å². The van der Waals surface area contributed by atoms with Crippen LogP contribution in [0.3, 0.4) is 0 Å². The normalized spacial score (nSPS) is 9.94. The van der Waals surface area contributed by atoms with Crippen LogP contribution in [0.5, 0.6) is 11.5 Å². The molecule has 0 N–H and O–H groups in total. The summed E-state index contributed by atoms with van der Waals surface area (Å²) in [5, 5.41) is 0. The Balaban J connectivity index is 2.64. The number of benzene rings is 1. The first kappa shape index (κ1) is 14.4. The van der Waals surface area contributed by atoms with Crippen molar-refractivity contribution in [3.8, 4) is 11.5 Å². The van der Waals surface area contributed by atoms with E-state index in [0.29, 0.717) is 24.5 Å². The topological polar surface area (TPSA) is 44.8 Å². The van der Waals surface area contributed by atoms with E-state index in [0.717, 1.165) is 12.0 Å². The maximum absolute atomic E-state index is 11.3. The van der Waals surface area contributed by atoms with Crippen LogP contribution in [0.15, 0.2) is 18.2 Å². The zero-order valence-electron chi connectivity index (χ0n) is 11.2. The SMILES string of the molecule is CCCC(=O)OCc1ccc(OCC)c(OC)c1. The number of hydrogen-bond acceptors (Lipinski definition) is 4. The minimum absolute atomic E-state index is 0.176. The summed E-state index contributed by atoms with van der Waals surface area (Å²) in [4.78, 5) is 11.3. The second-order valence-corrected chi connectivity index (χ2v) is 3.83. The summed E-state index contributed by atoms with van der Waals surface area (Å²) in [6.45, 7) is 4.71. The van der Waals surface area contributed by atoms with Crippen molar-refractivity contribution >= 4 is 5.97 Å². The third kappa shape index (κ3) is 4.28. The number of rotatable bonds is 7. The Morgan fingerprint density at radius 3 is 2.61 bits per heavy atom. The highest BCUT2D eigenvalue weighted by molar-refractivity contribution is 5.69. The van der Waals surface area contributed by atoms with Crippen LogP contribution in [0.1, 0.15) is 32.3 Å². The van der Waals surface area contributed by atoms with E-state index in [9.17, 15) is 4.79 Å². The van der Waals surface area contributed by atoms with Crippen molar-refractivity contribution in [1.29, 1.82) is 0 Å². The molecule has 4 nitrogen and oxygen atoms in total. The second-order valence-electron chi connectivity index (χ2n) is 3.83. The van der Waals surface area contributed by atoms with Crippen molar-refractivity contribution < 1.29 is 19.0 Å². The lowest BCUT2D eigenvalue weighted by molar-refractivity contribution is -0.144. The molecule has 0 radical (unpaired) electrons. The van der Waals surface area contributed by atoms with Crippen LogP contribution < -0.4 is 9.47 Å². The molecule has 0 fully saturated rings. The van der Waals surface area contributed by atoms with Gasteiger partial charge in [0.05, 0.1) is 13.7 Å². The van der Waals surface area contributed by atoms with Crippen molar-refractivity contribution in [2.75, 3.05) is 13.7 Å². The lowest BCUT2D eigenvalue weighted by Crippen LogP contribution is -2.04. The number of methoxy groups -OCH3 is 1. The molecule has 0 aromatic heterocycles. The first-order valence-electron chi connectivity index (χ1n) is 6.16. The van der Waals surface area contributed by atoms with Gasteiger partial charge in [0.1, 0.15) is 6.61 Å². The number of carbonyl (C=O) groups excluding carboxylic acids is 1. The van der Waals surface area contributed by atoms with Crippen molar-refractivity contribution in [2.24, 2.45) is 0 Å². The Bertz CT molecular complexity index is 387. The Morgan fingerprint density at radius 1 is 1.22 bits per heavy atom. The number of hydrogen-bond donors (Lipinski definition) is 0. The molecule has 0 saturated carbocycles. The Kier molecular flexibility index (Phi) is 6.05. The van der Waals surface area contributed by atoms with Crippen LogP contribution in [0.4, 0.5) is 0 Å². The van der Waals surface area contributed by atoms with E-state index in [2.05, 4.69) is 0 Å². The zero-order chi connectivity index (χ0) is 13.4. The van der Waals surface area contributed by atoms with Gasteiger partial charge in [0.15, 0.2) is 11.5 Å². The fourth-order valence-corrected chi connectivity index (χ4v) is 1.52. The Morgan fingerprint density at radius 2 is 2.00 bits per heavy atom. The average Bonchev–Trinajstić information content (AvgIpc) is 2.38. The third-order valence-electron chi connectivity index (χ3n) is 2.38. The molecular formula is C14H20O4. The summed E-state index contributed by atoms with van der Waals surface area (Å²) < 4.78 is 15.8. The number of ether oxygens (including phenoxy) is 3. The smallest absolute Gasteiger partial charge is 0.306 e. The highest BCUT2D eigenvalue weighted by Gasteiger charge is 2.07. The van der Waals surface area contributed by atoms with Crippen LogP contribution in [-0.4, -0.2) is 19.7 Å². The second kappa shape index (κ2) is 7.58. The quantitative estimate of drug-likeness (QED) is 0.700. The molecule has 18 heavy (non-hydrogen) atoms. The molecule has 1 aromatic carbocycles. The molecule has 0 amide bonds. The van der Waals surface area contributed by atoms with Gasteiger partial charge in [0.2, 0.25) is 0 Å². The van der Waals surface area contributed by atoms with Crippen LogP contribution in [-0.2, 0) is 16.1 Å².